The Balaban J connectivity index is 1.76. The molecule has 1 unspecified atom stereocenters. The highest BCUT2D eigenvalue weighted by Crippen LogP contribution is 2.27. The molecule has 0 aliphatic heterocycles. The van der Waals surface area contributed by atoms with Gasteiger partial charge in [-0.1, -0.05) is 40.0 Å². The third kappa shape index (κ3) is 4.93. The zero-order valence-electron chi connectivity index (χ0n) is 13.4. The van der Waals surface area contributed by atoms with E-state index >= 15 is 0 Å². The summed E-state index contributed by atoms with van der Waals surface area (Å²) in [7, 11) is 0. The van der Waals surface area contributed by atoms with Crippen LogP contribution < -0.4 is 5.32 Å². The Morgan fingerprint density at radius 3 is 2.70 bits per heavy atom. The largest absolute Gasteiger partial charge is 0.315 e. The molecule has 114 valence electrons. The van der Waals surface area contributed by atoms with Crippen LogP contribution in [-0.2, 0) is 6.42 Å². The van der Waals surface area contributed by atoms with E-state index in [9.17, 15) is 0 Å². The van der Waals surface area contributed by atoms with Gasteiger partial charge in [0, 0.05) is 12.2 Å². The molecule has 0 saturated heterocycles. The lowest BCUT2D eigenvalue weighted by atomic mass is 9.96. The van der Waals surface area contributed by atoms with Crippen molar-refractivity contribution in [1.82, 2.24) is 15.1 Å². The molecule has 0 radical (unpaired) electrons. The number of nitrogens with zero attached hydrogens (tertiary/aromatic N) is 2. The van der Waals surface area contributed by atoms with Crippen LogP contribution in [0, 0.1) is 5.92 Å². The number of aromatic nitrogens is 2. The summed E-state index contributed by atoms with van der Waals surface area (Å²) in [5.41, 5.74) is 1.27. The summed E-state index contributed by atoms with van der Waals surface area (Å²) in [6.45, 7) is 7.86. The Kier molecular flexibility index (Phi) is 6.08. The average Bonchev–Trinajstić information content (AvgIpc) is 2.88. The molecule has 1 N–H and O–H groups in total. The van der Waals surface area contributed by atoms with Gasteiger partial charge in [-0.15, -0.1) is 0 Å². The lowest BCUT2D eigenvalue weighted by molar-refractivity contribution is 0.327. The number of hydrogen-bond acceptors (Lipinski definition) is 2. The second-order valence-corrected chi connectivity index (χ2v) is 6.79. The standard InChI is InChI=1S/C17H31N3/c1-14(2)18-11-9-15(3)13-16-10-12-20(19-16)17-7-5-4-6-8-17/h10,12,14-15,17-18H,4-9,11,13H2,1-3H3. The second kappa shape index (κ2) is 7.82. The zero-order chi connectivity index (χ0) is 14.4. The van der Waals surface area contributed by atoms with Crippen molar-refractivity contribution in [2.75, 3.05) is 6.54 Å². The Morgan fingerprint density at radius 1 is 1.25 bits per heavy atom. The summed E-state index contributed by atoms with van der Waals surface area (Å²) in [5.74, 6) is 0.705. The summed E-state index contributed by atoms with van der Waals surface area (Å²) in [5, 5.41) is 8.31. The van der Waals surface area contributed by atoms with Gasteiger partial charge in [-0.3, -0.25) is 4.68 Å². The highest BCUT2D eigenvalue weighted by atomic mass is 15.3. The number of nitrogens with one attached hydrogen (secondary N) is 1. The van der Waals surface area contributed by atoms with Crippen LogP contribution in [0.15, 0.2) is 12.3 Å². The number of hydrogen-bond donors (Lipinski definition) is 1. The predicted molar refractivity (Wildman–Crippen MR) is 85.0 cm³/mol. The van der Waals surface area contributed by atoms with Crippen molar-refractivity contribution in [1.29, 1.82) is 0 Å². The minimum Gasteiger partial charge on any atom is -0.315 e. The lowest BCUT2D eigenvalue weighted by Gasteiger charge is -2.21. The first-order valence-electron chi connectivity index (χ1n) is 8.42. The number of rotatable bonds is 7. The Bertz CT molecular complexity index is 377. The van der Waals surface area contributed by atoms with Crippen LogP contribution in [0.25, 0.3) is 0 Å². The van der Waals surface area contributed by atoms with Crippen LogP contribution in [0.2, 0.25) is 0 Å². The van der Waals surface area contributed by atoms with E-state index in [2.05, 4.69) is 43.0 Å². The molecule has 1 aromatic rings. The molecule has 0 spiro atoms. The van der Waals surface area contributed by atoms with E-state index in [1.165, 1.54) is 44.2 Å². The first-order chi connectivity index (χ1) is 9.65. The van der Waals surface area contributed by atoms with Gasteiger partial charge in [0.1, 0.15) is 0 Å². The van der Waals surface area contributed by atoms with E-state index < -0.39 is 0 Å². The minimum absolute atomic E-state index is 0.590. The van der Waals surface area contributed by atoms with Crippen molar-refractivity contribution in [3.8, 4) is 0 Å². The van der Waals surface area contributed by atoms with E-state index in [1.807, 2.05) is 0 Å². The van der Waals surface area contributed by atoms with Crippen molar-refractivity contribution < 1.29 is 0 Å². The summed E-state index contributed by atoms with van der Waals surface area (Å²) >= 11 is 0. The minimum atomic E-state index is 0.590. The van der Waals surface area contributed by atoms with Crippen molar-refractivity contribution in [2.45, 2.75) is 77.8 Å². The van der Waals surface area contributed by atoms with Gasteiger partial charge in [0.15, 0.2) is 0 Å². The quantitative estimate of drug-likeness (QED) is 0.817. The first kappa shape index (κ1) is 15.6. The van der Waals surface area contributed by atoms with Gasteiger partial charge >= 0.3 is 0 Å². The van der Waals surface area contributed by atoms with Crippen LogP contribution in [0.5, 0.6) is 0 Å². The molecule has 1 atom stereocenters. The van der Waals surface area contributed by atoms with Gasteiger partial charge in [-0.2, -0.15) is 5.10 Å². The Hall–Kier alpha value is -0.830. The molecule has 0 amide bonds. The van der Waals surface area contributed by atoms with Crippen LogP contribution in [0.4, 0.5) is 0 Å². The molecular weight excluding hydrogens is 246 g/mol. The van der Waals surface area contributed by atoms with Gasteiger partial charge in [0.05, 0.1) is 11.7 Å². The smallest absolute Gasteiger partial charge is 0.0627 e. The molecule has 2 rings (SSSR count). The molecule has 1 fully saturated rings. The SMILES string of the molecule is CC(CCNC(C)C)Cc1ccn(C2CCCCC2)n1. The molecule has 3 heteroatoms. The van der Waals surface area contributed by atoms with E-state index in [4.69, 9.17) is 5.10 Å². The molecule has 1 saturated carbocycles. The fourth-order valence-electron chi connectivity index (χ4n) is 3.11. The first-order valence-corrected chi connectivity index (χ1v) is 8.42. The van der Waals surface area contributed by atoms with Crippen molar-refractivity contribution in [3.63, 3.8) is 0 Å². The van der Waals surface area contributed by atoms with Gasteiger partial charge in [-0.05, 0) is 44.2 Å². The second-order valence-electron chi connectivity index (χ2n) is 6.79. The summed E-state index contributed by atoms with van der Waals surface area (Å²) < 4.78 is 2.23. The maximum atomic E-state index is 4.81. The third-order valence-corrected chi connectivity index (χ3v) is 4.36. The monoisotopic (exact) mass is 277 g/mol. The normalized spacial score (nSPS) is 18.6. The van der Waals surface area contributed by atoms with E-state index in [0.29, 0.717) is 18.0 Å². The van der Waals surface area contributed by atoms with Crippen molar-refractivity contribution in [3.05, 3.63) is 18.0 Å². The van der Waals surface area contributed by atoms with Crippen LogP contribution in [0.1, 0.15) is 71.0 Å². The molecule has 3 nitrogen and oxygen atoms in total. The molecular formula is C17H31N3. The molecule has 0 bridgehead atoms. The molecule has 1 aliphatic carbocycles. The third-order valence-electron chi connectivity index (χ3n) is 4.36. The molecule has 1 aromatic heterocycles. The highest BCUT2D eigenvalue weighted by Gasteiger charge is 2.16. The van der Waals surface area contributed by atoms with Crippen LogP contribution in [0.3, 0.4) is 0 Å². The van der Waals surface area contributed by atoms with Crippen LogP contribution >= 0.6 is 0 Å². The van der Waals surface area contributed by atoms with Crippen molar-refractivity contribution in [2.24, 2.45) is 5.92 Å². The molecule has 20 heavy (non-hydrogen) atoms. The van der Waals surface area contributed by atoms with Gasteiger partial charge < -0.3 is 5.32 Å². The van der Waals surface area contributed by atoms with E-state index in [-0.39, 0.29) is 0 Å². The maximum Gasteiger partial charge on any atom is 0.0627 e. The van der Waals surface area contributed by atoms with Gasteiger partial charge in [0.25, 0.3) is 0 Å². The maximum absolute atomic E-state index is 4.81. The summed E-state index contributed by atoms with van der Waals surface area (Å²) in [6.07, 6.45) is 11.3. The predicted octanol–water partition coefficient (Wildman–Crippen LogP) is 3.96. The fourth-order valence-corrected chi connectivity index (χ4v) is 3.11. The van der Waals surface area contributed by atoms with E-state index in [0.717, 1.165) is 13.0 Å². The van der Waals surface area contributed by atoms with Gasteiger partial charge in [-0.25, -0.2) is 0 Å². The molecule has 0 aromatic carbocycles. The highest BCUT2D eigenvalue weighted by molar-refractivity contribution is 5.01. The van der Waals surface area contributed by atoms with Crippen molar-refractivity contribution >= 4 is 0 Å². The summed E-state index contributed by atoms with van der Waals surface area (Å²) in [6, 6.07) is 3.48. The van der Waals surface area contributed by atoms with Crippen LogP contribution in [-0.4, -0.2) is 22.4 Å². The average molecular weight is 277 g/mol. The Morgan fingerprint density at radius 2 is 2.00 bits per heavy atom. The topological polar surface area (TPSA) is 29.9 Å². The summed E-state index contributed by atoms with van der Waals surface area (Å²) in [4.78, 5) is 0. The molecule has 1 aliphatic rings. The lowest BCUT2D eigenvalue weighted by Crippen LogP contribution is -2.25. The van der Waals surface area contributed by atoms with Gasteiger partial charge in [0.2, 0.25) is 0 Å². The fraction of sp³-hybridized carbons (Fsp3) is 0.824. The zero-order valence-corrected chi connectivity index (χ0v) is 13.4. The van der Waals surface area contributed by atoms with E-state index in [1.54, 1.807) is 0 Å². The molecule has 1 heterocycles. The Labute approximate surface area is 124 Å².